The molecule has 0 saturated carbocycles. The van der Waals surface area contributed by atoms with E-state index < -0.39 is 0 Å². The molecule has 0 N–H and O–H groups in total. The van der Waals surface area contributed by atoms with Gasteiger partial charge in [0.1, 0.15) is 10.8 Å². The lowest BCUT2D eigenvalue weighted by atomic mass is 9.98. The van der Waals surface area contributed by atoms with E-state index in [-0.39, 0.29) is 12.4 Å². The third kappa shape index (κ3) is 4.31. The summed E-state index contributed by atoms with van der Waals surface area (Å²) in [7, 11) is 0. The zero-order valence-corrected chi connectivity index (χ0v) is 15.1. The highest BCUT2D eigenvalue weighted by Gasteiger charge is 2.15. The van der Waals surface area contributed by atoms with Crippen LogP contribution in [0, 0.1) is 0 Å². The first kappa shape index (κ1) is 17.3. The van der Waals surface area contributed by atoms with Crippen LogP contribution in [0.4, 0.5) is 0 Å². The molecule has 3 rings (SSSR count). The number of nitrogens with zero attached hydrogens (tertiary/aromatic N) is 2. The molecular formula is C20H20N2O2S. The van der Waals surface area contributed by atoms with Gasteiger partial charge in [0.25, 0.3) is 0 Å². The number of aromatic nitrogens is 2. The largest absolute Gasteiger partial charge is 0.426 e. The molecule has 0 bridgehead atoms. The van der Waals surface area contributed by atoms with Gasteiger partial charge in [-0.05, 0) is 36.1 Å². The molecule has 2 aromatic heterocycles. The molecule has 0 aliphatic heterocycles. The Kier molecular flexibility index (Phi) is 5.56. The van der Waals surface area contributed by atoms with E-state index in [1.54, 1.807) is 12.4 Å². The first-order valence-corrected chi connectivity index (χ1v) is 9.19. The molecule has 0 amide bonds. The average Bonchev–Trinajstić information content (AvgIpc) is 3.10. The van der Waals surface area contributed by atoms with E-state index in [0.29, 0.717) is 11.7 Å². The van der Waals surface area contributed by atoms with Gasteiger partial charge in [-0.2, -0.15) is 0 Å². The van der Waals surface area contributed by atoms with Crippen molar-refractivity contribution in [3.05, 3.63) is 65.4 Å². The topological polar surface area (TPSA) is 52.1 Å². The number of rotatable bonds is 6. The SMILES string of the molecule is CCC(C)c1ccccc1OC(=O)Cc1csc(-c2cccnc2)n1. The van der Waals surface area contributed by atoms with Gasteiger partial charge < -0.3 is 4.74 Å². The van der Waals surface area contributed by atoms with Crippen LogP contribution in [0.1, 0.15) is 37.4 Å². The fourth-order valence-electron chi connectivity index (χ4n) is 2.52. The van der Waals surface area contributed by atoms with Gasteiger partial charge in [0.15, 0.2) is 0 Å². The van der Waals surface area contributed by atoms with E-state index in [2.05, 4.69) is 23.8 Å². The van der Waals surface area contributed by atoms with Crippen molar-refractivity contribution in [1.29, 1.82) is 0 Å². The fourth-order valence-corrected chi connectivity index (χ4v) is 3.33. The zero-order chi connectivity index (χ0) is 17.6. The summed E-state index contributed by atoms with van der Waals surface area (Å²) in [4.78, 5) is 20.9. The Morgan fingerprint density at radius 3 is 2.84 bits per heavy atom. The average molecular weight is 352 g/mol. The molecule has 0 spiro atoms. The van der Waals surface area contributed by atoms with Crippen LogP contribution in [0.3, 0.4) is 0 Å². The molecule has 4 nitrogen and oxygen atoms in total. The molecular weight excluding hydrogens is 332 g/mol. The van der Waals surface area contributed by atoms with E-state index in [1.165, 1.54) is 11.3 Å². The lowest BCUT2D eigenvalue weighted by Crippen LogP contribution is -2.13. The number of carbonyl (C=O) groups excluding carboxylic acids is 1. The van der Waals surface area contributed by atoms with Crippen LogP contribution in [0.5, 0.6) is 5.75 Å². The van der Waals surface area contributed by atoms with Crippen molar-refractivity contribution in [2.75, 3.05) is 0 Å². The van der Waals surface area contributed by atoms with Crippen molar-refractivity contribution in [2.45, 2.75) is 32.6 Å². The molecule has 1 unspecified atom stereocenters. The lowest BCUT2D eigenvalue weighted by Gasteiger charge is -2.14. The Bertz CT molecular complexity index is 846. The molecule has 0 fully saturated rings. The smallest absolute Gasteiger partial charge is 0.317 e. The summed E-state index contributed by atoms with van der Waals surface area (Å²) in [5.41, 5.74) is 2.73. The second-order valence-electron chi connectivity index (χ2n) is 5.88. The van der Waals surface area contributed by atoms with Crippen LogP contribution in [0.25, 0.3) is 10.6 Å². The van der Waals surface area contributed by atoms with E-state index in [4.69, 9.17) is 4.74 Å². The number of ether oxygens (including phenoxy) is 1. The normalized spacial score (nSPS) is 11.9. The number of para-hydroxylation sites is 1. The summed E-state index contributed by atoms with van der Waals surface area (Å²) in [5.74, 6) is 0.698. The van der Waals surface area contributed by atoms with Gasteiger partial charge in [0, 0.05) is 23.3 Å². The minimum atomic E-state index is -0.293. The molecule has 0 aliphatic rings. The molecule has 3 aromatic rings. The Labute approximate surface area is 151 Å². The van der Waals surface area contributed by atoms with E-state index >= 15 is 0 Å². The molecule has 1 aromatic carbocycles. The maximum atomic E-state index is 12.3. The van der Waals surface area contributed by atoms with Gasteiger partial charge in [-0.3, -0.25) is 9.78 Å². The van der Waals surface area contributed by atoms with Crippen LogP contribution in [0.2, 0.25) is 0 Å². The quantitative estimate of drug-likeness (QED) is 0.469. The molecule has 0 saturated heterocycles. The molecule has 0 radical (unpaired) electrons. The Hall–Kier alpha value is -2.53. The highest BCUT2D eigenvalue weighted by atomic mass is 32.1. The first-order valence-electron chi connectivity index (χ1n) is 8.31. The van der Waals surface area contributed by atoms with Gasteiger partial charge >= 0.3 is 5.97 Å². The van der Waals surface area contributed by atoms with Gasteiger partial charge in [0.05, 0.1) is 12.1 Å². The predicted octanol–water partition coefficient (Wildman–Crippen LogP) is 4.87. The second kappa shape index (κ2) is 8.03. The zero-order valence-electron chi connectivity index (χ0n) is 14.3. The van der Waals surface area contributed by atoms with Crippen molar-refractivity contribution in [3.63, 3.8) is 0 Å². The number of hydrogen-bond acceptors (Lipinski definition) is 5. The minimum Gasteiger partial charge on any atom is -0.426 e. The number of hydrogen-bond donors (Lipinski definition) is 0. The van der Waals surface area contributed by atoms with E-state index in [9.17, 15) is 4.79 Å². The van der Waals surface area contributed by atoms with E-state index in [1.807, 2.05) is 41.8 Å². The van der Waals surface area contributed by atoms with Crippen LogP contribution >= 0.6 is 11.3 Å². The summed E-state index contributed by atoms with van der Waals surface area (Å²) >= 11 is 1.50. The number of carbonyl (C=O) groups is 1. The van der Waals surface area contributed by atoms with Crippen LogP contribution in [-0.2, 0) is 11.2 Å². The Morgan fingerprint density at radius 2 is 2.08 bits per heavy atom. The third-order valence-corrected chi connectivity index (χ3v) is 5.01. The van der Waals surface area contributed by atoms with Crippen molar-refractivity contribution >= 4 is 17.3 Å². The third-order valence-electron chi connectivity index (χ3n) is 4.07. The minimum absolute atomic E-state index is 0.158. The molecule has 0 aliphatic carbocycles. The van der Waals surface area contributed by atoms with Crippen LogP contribution in [-0.4, -0.2) is 15.9 Å². The van der Waals surface area contributed by atoms with Crippen LogP contribution < -0.4 is 4.74 Å². The second-order valence-corrected chi connectivity index (χ2v) is 6.74. The molecule has 128 valence electrons. The standard InChI is InChI=1S/C20H20N2O2S/c1-3-14(2)17-8-4-5-9-18(17)24-19(23)11-16-13-25-20(22-16)15-7-6-10-21-12-15/h4-10,12-14H,3,11H2,1-2H3. The van der Waals surface area contributed by atoms with E-state index in [0.717, 1.165) is 28.2 Å². The Morgan fingerprint density at radius 1 is 1.24 bits per heavy atom. The summed E-state index contributed by atoms with van der Waals surface area (Å²) in [6.45, 7) is 4.26. The summed E-state index contributed by atoms with van der Waals surface area (Å²) in [6, 6.07) is 11.5. The summed E-state index contributed by atoms with van der Waals surface area (Å²) < 4.78 is 5.60. The number of esters is 1. The molecule has 1 atom stereocenters. The summed E-state index contributed by atoms with van der Waals surface area (Å²) in [6.07, 6.45) is 4.65. The van der Waals surface area contributed by atoms with Crippen molar-refractivity contribution in [3.8, 4) is 16.3 Å². The number of benzene rings is 1. The summed E-state index contributed by atoms with van der Waals surface area (Å²) in [5, 5.41) is 2.75. The van der Waals surface area contributed by atoms with Gasteiger partial charge in [-0.15, -0.1) is 11.3 Å². The lowest BCUT2D eigenvalue weighted by molar-refractivity contribution is -0.133. The van der Waals surface area contributed by atoms with Crippen molar-refractivity contribution in [2.24, 2.45) is 0 Å². The first-order chi connectivity index (χ1) is 12.2. The maximum absolute atomic E-state index is 12.3. The Balaban J connectivity index is 1.69. The van der Waals surface area contributed by atoms with Gasteiger partial charge in [-0.25, -0.2) is 4.98 Å². The van der Waals surface area contributed by atoms with Crippen molar-refractivity contribution in [1.82, 2.24) is 9.97 Å². The molecule has 2 heterocycles. The molecule has 5 heteroatoms. The highest BCUT2D eigenvalue weighted by molar-refractivity contribution is 7.13. The number of thiazole rings is 1. The highest BCUT2D eigenvalue weighted by Crippen LogP contribution is 2.29. The molecule has 25 heavy (non-hydrogen) atoms. The monoisotopic (exact) mass is 352 g/mol. The fraction of sp³-hybridized carbons (Fsp3) is 0.250. The van der Waals surface area contributed by atoms with Gasteiger partial charge in [0.2, 0.25) is 0 Å². The number of pyridine rings is 1. The van der Waals surface area contributed by atoms with Crippen LogP contribution in [0.15, 0.2) is 54.2 Å². The van der Waals surface area contributed by atoms with Crippen molar-refractivity contribution < 1.29 is 9.53 Å². The maximum Gasteiger partial charge on any atom is 0.317 e. The van der Waals surface area contributed by atoms with Gasteiger partial charge in [-0.1, -0.05) is 32.0 Å². The predicted molar refractivity (Wildman–Crippen MR) is 99.8 cm³/mol.